The molecule has 0 saturated carbocycles. The Kier molecular flexibility index (Phi) is 5.14. The van der Waals surface area contributed by atoms with Gasteiger partial charge in [-0.05, 0) is 31.2 Å². The molecule has 1 N–H and O–H groups in total. The van der Waals surface area contributed by atoms with E-state index in [9.17, 15) is 14.0 Å². The summed E-state index contributed by atoms with van der Waals surface area (Å²) in [6.07, 6.45) is -0.717. The highest BCUT2D eigenvalue weighted by atomic mass is 32.2. The second-order valence-corrected chi connectivity index (χ2v) is 6.34. The monoisotopic (exact) mass is 358 g/mol. The number of aromatic nitrogens is 2. The summed E-state index contributed by atoms with van der Waals surface area (Å²) in [7, 11) is 0. The molecular weight excluding hydrogens is 343 g/mol. The SMILES string of the molecule is C[C@H](OC(=O)CSc1ccccc1F)c1nc2ccccc2c(=O)[nH]1. The van der Waals surface area contributed by atoms with Crippen LogP contribution in [0.2, 0.25) is 0 Å². The number of rotatable bonds is 5. The van der Waals surface area contributed by atoms with Gasteiger partial charge in [0, 0.05) is 4.90 Å². The average molecular weight is 358 g/mol. The van der Waals surface area contributed by atoms with Crippen LogP contribution in [-0.4, -0.2) is 21.7 Å². The van der Waals surface area contributed by atoms with Crippen molar-refractivity contribution in [3.05, 3.63) is 70.5 Å². The average Bonchev–Trinajstić information content (AvgIpc) is 2.61. The molecular formula is C18H15FN2O3S. The number of esters is 1. The lowest BCUT2D eigenvalue weighted by molar-refractivity contribution is -0.145. The number of fused-ring (bicyclic) bond motifs is 1. The number of carbonyl (C=O) groups is 1. The molecule has 1 atom stereocenters. The zero-order valence-electron chi connectivity index (χ0n) is 13.4. The van der Waals surface area contributed by atoms with Crippen molar-refractivity contribution >= 4 is 28.6 Å². The Morgan fingerprint density at radius 2 is 1.96 bits per heavy atom. The molecule has 0 aliphatic carbocycles. The third kappa shape index (κ3) is 4.06. The molecule has 0 unspecified atom stereocenters. The van der Waals surface area contributed by atoms with Crippen molar-refractivity contribution < 1.29 is 13.9 Å². The first-order valence-corrected chi connectivity index (χ1v) is 8.59. The number of halogens is 1. The van der Waals surface area contributed by atoms with Crippen molar-refractivity contribution in [2.24, 2.45) is 0 Å². The van der Waals surface area contributed by atoms with Crippen molar-refractivity contribution in [1.29, 1.82) is 0 Å². The number of hydrogen-bond donors (Lipinski definition) is 1. The summed E-state index contributed by atoms with van der Waals surface area (Å²) in [5, 5.41) is 0.472. The topological polar surface area (TPSA) is 72.0 Å². The lowest BCUT2D eigenvalue weighted by Gasteiger charge is -2.13. The number of nitrogens with one attached hydrogen (secondary N) is 1. The number of H-pyrrole nitrogens is 1. The van der Waals surface area contributed by atoms with Gasteiger partial charge in [0.25, 0.3) is 5.56 Å². The molecule has 0 aliphatic heterocycles. The van der Waals surface area contributed by atoms with Gasteiger partial charge in [-0.1, -0.05) is 24.3 Å². The van der Waals surface area contributed by atoms with Gasteiger partial charge in [-0.3, -0.25) is 9.59 Å². The lowest BCUT2D eigenvalue weighted by Crippen LogP contribution is -2.18. The van der Waals surface area contributed by atoms with E-state index >= 15 is 0 Å². The maximum Gasteiger partial charge on any atom is 0.316 e. The fourth-order valence-corrected chi connectivity index (χ4v) is 3.00. The Morgan fingerprint density at radius 1 is 1.24 bits per heavy atom. The van der Waals surface area contributed by atoms with Gasteiger partial charge in [0.15, 0.2) is 11.9 Å². The highest BCUT2D eigenvalue weighted by Crippen LogP contribution is 2.22. The molecule has 0 bridgehead atoms. The molecule has 128 valence electrons. The van der Waals surface area contributed by atoms with Gasteiger partial charge in [-0.2, -0.15) is 0 Å². The first-order chi connectivity index (χ1) is 12.0. The molecule has 0 amide bonds. The van der Waals surface area contributed by atoms with Gasteiger partial charge in [0.1, 0.15) is 5.82 Å². The van der Waals surface area contributed by atoms with E-state index in [0.29, 0.717) is 15.8 Å². The molecule has 0 fully saturated rings. The summed E-state index contributed by atoms with van der Waals surface area (Å²) < 4.78 is 18.8. The summed E-state index contributed by atoms with van der Waals surface area (Å²) in [5.74, 6) is -0.665. The standard InChI is InChI=1S/C18H15FN2O3S/c1-11(17-20-14-8-4-2-6-12(14)18(23)21-17)24-16(22)10-25-15-9-5-3-7-13(15)19/h2-9,11H,10H2,1H3,(H,20,21,23)/t11-/m0/s1. The van der Waals surface area contributed by atoms with Crippen LogP contribution >= 0.6 is 11.8 Å². The van der Waals surface area contributed by atoms with Crippen LogP contribution in [0.3, 0.4) is 0 Å². The maximum absolute atomic E-state index is 13.5. The van der Waals surface area contributed by atoms with E-state index in [4.69, 9.17) is 4.74 Å². The zero-order chi connectivity index (χ0) is 17.8. The highest BCUT2D eigenvalue weighted by Gasteiger charge is 2.16. The minimum absolute atomic E-state index is 0.0386. The Hall–Kier alpha value is -2.67. The molecule has 5 nitrogen and oxygen atoms in total. The molecule has 7 heteroatoms. The number of carbonyl (C=O) groups excluding carboxylic acids is 1. The van der Waals surface area contributed by atoms with Crippen molar-refractivity contribution in [3.8, 4) is 0 Å². The zero-order valence-corrected chi connectivity index (χ0v) is 14.2. The second kappa shape index (κ2) is 7.48. The molecule has 2 aromatic carbocycles. The van der Waals surface area contributed by atoms with Gasteiger partial charge in [-0.25, -0.2) is 9.37 Å². The number of hydrogen-bond acceptors (Lipinski definition) is 5. The molecule has 3 rings (SSSR count). The summed E-state index contributed by atoms with van der Waals surface area (Å²) in [6.45, 7) is 1.62. The van der Waals surface area contributed by atoms with Gasteiger partial charge in [0.2, 0.25) is 0 Å². The van der Waals surface area contributed by atoms with Crippen LogP contribution in [-0.2, 0) is 9.53 Å². The van der Waals surface area contributed by atoms with Crippen LogP contribution in [0.15, 0.2) is 58.2 Å². The van der Waals surface area contributed by atoms with Crippen molar-refractivity contribution in [3.63, 3.8) is 0 Å². The summed E-state index contributed by atoms with van der Waals surface area (Å²) in [4.78, 5) is 31.4. The Bertz CT molecular complexity index is 974. The molecule has 0 spiro atoms. The number of para-hydroxylation sites is 1. The van der Waals surface area contributed by atoms with Crippen LogP contribution in [0.25, 0.3) is 10.9 Å². The van der Waals surface area contributed by atoms with Crippen LogP contribution in [0, 0.1) is 5.82 Å². The van der Waals surface area contributed by atoms with Crippen molar-refractivity contribution in [2.75, 3.05) is 5.75 Å². The van der Waals surface area contributed by atoms with Gasteiger partial charge in [-0.15, -0.1) is 11.8 Å². The first kappa shape index (κ1) is 17.2. The number of aromatic amines is 1. The molecule has 1 heterocycles. The minimum Gasteiger partial charge on any atom is -0.454 e. The van der Waals surface area contributed by atoms with Crippen LogP contribution in [0.4, 0.5) is 4.39 Å². The normalized spacial score (nSPS) is 12.1. The van der Waals surface area contributed by atoms with E-state index in [1.165, 1.54) is 6.07 Å². The quantitative estimate of drug-likeness (QED) is 0.559. The van der Waals surface area contributed by atoms with Crippen molar-refractivity contribution in [2.45, 2.75) is 17.9 Å². The maximum atomic E-state index is 13.5. The van der Waals surface area contributed by atoms with E-state index in [1.807, 2.05) is 0 Å². The van der Waals surface area contributed by atoms with Crippen LogP contribution in [0.1, 0.15) is 18.9 Å². The van der Waals surface area contributed by atoms with Gasteiger partial charge < -0.3 is 9.72 Å². The molecule has 25 heavy (non-hydrogen) atoms. The molecule has 3 aromatic rings. The Balaban J connectivity index is 1.67. The summed E-state index contributed by atoms with van der Waals surface area (Å²) in [5.41, 5.74) is 0.245. The summed E-state index contributed by atoms with van der Waals surface area (Å²) in [6, 6.07) is 13.1. The molecule has 0 radical (unpaired) electrons. The highest BCUT2D eigenvalue weighted by molar-refractivity contribution is 8.00. The first-order valence-electron chi connectivity index (χ1n) is 7.60. The van der Waals surface area contributed by atoms with Crippen LogP contribution in [0.5, 0.6) is 0 Å². The number of nitrogens with zero attached hydrogens (tertiary/aromatic N) is 1. The van der Waals surface area contributed by atoms with E-state index in [-0.39, 0.29) is 23.0 Å². The second-order valence-electron chi connectivity index (χ2n) is 5.32. The lowest BCUT2D eigenvalue weighted by atomic mass is 10.2. The number of benzene rings is 2. The third-order valence-corrected chi connectivity index (χ3v) is 4.53. The predicted molar refractivity (Wildman–Crippen MR) is 94.0 cm³/mol. The summed E-state index contributed by atoms with van der Waals surface area (Å²) >= 11 is 1.06. The van der Waals surface area contributed by atoms with Gasteiger partial charge in [0.05, 0.1) is 16.7 Å². The number of ether oxygens (including phenoxy) is 1. The largest absolute Gasteiger partial charge is 0.454 e. The van der Waals surface area contributed by atoms with E-state index in [0.717, 1.165) is 11.8 Å². The fourth-order valence-electron chi connectivity index (χ4n) is 2.28. The Labute approximate surface area is 147 Å². The molecule has 0 saturated heterocycles. The fraction of sp³-hybridized carbons (Fsp3) is 0.167. The predicted octanol–water partition coefficient (Wildman–Crippen LogP) is 3.46. The van der Waals surface area contributed by atoms with E-state index in [2.05, 4.69) is 9.97 Å². The number of thioether (sulfide) groups is 1. The van der Waals surface area contributed by atoms with Crippen molar-refractivity contribution in [1.82, 2.24) is 9.97 Å². The third-order valence-electron chi connectivity index (χ3n) is 3.51. The smallest absolute Gasteiger partial charge is 0.316 e. The van der Waals surface area contributed by atoms with E-state index in [1.54, 1.807) is 49.4 Å². The Morgan fingerprint density at radius 3 is 2.76 bits per heavy atom. The van der Waals surface area contributed by atoms with Crippen LogP contribution < -0.4 is 5.56 Å². The van der Waals surface area contributed by atoms with E-state index < -0.39 is 12.1 Å². The van der Waals surface area contributed by atoms with Gasteiger partial charge >= 0.3 is 5.97 Å². The minimum atomic E-state index is -0.717. The molecule has 1 aromatic heterocycles. The molecule has 0 aliphatic rings.